The first-order chi connectivity index (χ1) is 8.85. The number of aliphatic imine (C=N–C) groups is 1. The van der Waals surface area contributed by atoms with Crippen LogP contribution in [0.25, 0.3) is 0 Å². The van der Waals surface area contributed by atoms with E-state index < -0.39 is 0 Å². The van der Waals surface area contributed by atoms with E-state index in [1.165, 1.54) is 0 Å². The molecule has 0 radical (unpaired) electrons. The number of nitrogens with one attached hydrogen (secondary N) is 1. The molecule has 1 unspecified atom stereocenters. The predicted molar refractivity (Wildman–Crippen MR) is 83.7 cm³/mol. The molecule has 0 bridgehead atoms. The van der Waals surface area contributed by atoms with Gasteiger partial charge in [-0.05, 0) is 25.7 Å². The molecular formula is C14H27N3OS. The predicted octanol–water partition coefficient (Wildman–Crippen LogP) is 2.35. The molecule has 1 rings (SSSR count). The Bertz CT molecular complexity index is 332. The standard InChI is InChI=1S/C14H27N3OS/c1-6-17(7-2)12(18)10-16-13-15-9-11(19-13)8-14(3,4)5/h11H,6-10H2,1-5H3,(H,15,16). The molecule has 0 saturated carbocycles. The lowest BCUT2D eigenvalue weighted by molar-refractivity contribution is -0.129. The van der Waals surface area contributed by atoms with E-state index in [0.717, 1.165) is 31.2 Å². The second-order valence-electron chi connectivity index (χ2n) is 6.07. The smallest absolute Gasteiger partial charge is 0.241 e. The highest BCUT2D eigenvalue weighted by atomic mass is 32.2. The number of amidine groups is 1. The van der Waals surface area contributed by atoms with Crippen LogP contribution < -0.4 is 5.32 Å². The van der Waals surface area contributed by atoms with Gasteiger partial charge in [0.25, 0.3) is 0 Å². The Morgan fingerprint density at radius 3 is 2.58 bits per heavy atom. The summed E-state index contributed by atoms with van der Waals surface area (Å²) >= 11 is 1.77. The second-order valence-corrected chi connectivity index (χ2v) is 7.36. The van der Waals surface area contributed by atoms with Gasteiger partial charge in [0, 0.05) is 18.3 Å². The zero-order valence-corrected chi connectivity index (χ0v) is 13.6. The molecule has 0 aromatic heterocycles. The highest BCUT2D eigenvalue weighted by Gasteiger charge is 2.25. The van der Waals surface area contributed by atoms with Gasteiger partial charge in [0.15, 0.2) is 5.17 Å². The van der Waals surface area contributed by atoms with Crippen LogP contribution in [-0.2, 0) is 4.79 Å². The maximum Gasteiger partial charge on any atom is 0.241 e. The molecule has 1 amide bonds. The van der Waals surface area contributed by atoms with Crippen LogP contribution in [-0.4, -0.2) is 47.4 Å². The van der Waals surface area contributed by atoms with Crippen molar-refractivity contribution in [3.63, 3.8) is 0 Å². The minimum absolute atomic E-state index is 0.146. The fraction of sp³-hybridized carbons (Fsp3) is 0.857. The number of rotatable bonds is 5. The van der Waals surface area contributed by atoms with Crippen molar-refractivity contribution in [3.8, 4) is 0 Å². The maximum absolute atomic E-state index is 11.9. The fourth-order valence-corrected chi connectivity index (χ4v) is 3.50. The van der Waals surface area contributed by atoms with Crippen LogP contribution in [0.15, 0.2) is 4.99 Å². The van der Waals surface area contributed by atoms with Crippen molar-refractivity contribution in [2.75, 3.05) is 26.2 Å². The summed E-state index contributed by atoms with van der Waals surface area (Å²) in [6.45, 7) is 13.5. The van der Waals surface area contributed by atoms with Crippen LogP contribution in [0.2, 0.25) is 0 Å². The van der Waals surface area contributed by atoms with Crippen molar-refractivity contribution in [2.45, 2.75) is 46.3 Å². The Morgan fingerprint density at radius 2 is 2.05 bits per heavy atom. The van der Waals surface area contributed by atoms with Gasteiger partial charge in [-0.2, -0.15) is 0 Å². The Labute approximate surface area is 121 Å². The topological polar surface area (TPSA) is 44.7 Å². The van der Waals surface area contributed by atoms with E-state index in [2.05, 4.69) is 31.1 Å². The summed E-state index contributed by atoms with van der Waals surface area (Å²) in [4.78, 5) is 18.2. The Hall–Kier alpha value is -0.710. The van der Waals surface area contributed by atoms with Crippen molar-refractivity contribution in [2.24, 2.45) is 10.4 Å². The fourth-order valence-electron chi connectivity index (χ4n) is 2.14. The summed E-state index contributed by atoms with van der Waals surface area (Å²) in [6, 6.07) is 0. The number of carbonyl (C=O) groups excluding carboxylic acids is 1. The second kappa shape index (κ2) is 7.17. The Morgan fingerprint density at radius 1 is 1.42 bits per heavy atom. The first kappa shape index (κ1) is 16.3. The average molecular weight is 285 g/mol. The third kappa shape index (κ3) is 5.85. The summed E-state index contributed by atoms with van der Waals surface area (Å²) < 4.78 is 0. The molecule has 1 aliphatic heterocycles. The zero-order valence-electron chi connectivity index (χ0n) is 12.8. The lowest BCUT2D eigenvalue weighted by Crippen LogP contribution is -2.39. The van der Waals surface area contributed by atoms with Gasteiger partial charge in [0.2, 0.25) is 5.91 Å². The number of carbonyl (C=O) groups is 1. The lowest BCUT2D eigenvalue weighted by Gasteiger charge is -2.22. The molecule has 110 valence electrons. The molecule has 0 aromatic carbocycles. The Kier molecular flexibility index (Phi) is 6.17. The zero-order chi connectivity index (χ0) is 14.5. The van der Waals surface area contributed by atoms with E-state index in [9.17, 15) is 4.79 Å². The molecular weight excluding hydrogens is 258 g/mol. The van der Waals surface area contributed by atoms with Gasteiger partial charge in [0.05, 0.1) is 13.1 Å². The van der Waals surface area contributed by atoms with Crippen LogP contribution >= 0.6 is 11.8 Å². The first-order valence-corrected chi connectivity index (χ1v) is 7.96. The van der Waals surface area contributed by atoms with E-state index >= 15 is 0 Å². The molecule has 0 saturated heterocycles. The van der Waals surface area contributed by atoms with Gasteiger partial charge < -0.3 is 10.2 Å². The number of amides is 1. The molecule has 0 aliphatic carbocycles. The molecule has 0 aromatic rings. The van der Waals surface area contributed by atoms with E-state index in [4.69, 9.17) is 0 Å². The minimum Gasteiger partial charge on any atom is -0.356 e. The highest BCUT2D eigenvalue weighted by Crippen LogP contribution is 2.31. The van der Waals surface area contributed by atoms with Gasteiger partial charge in [-0.3, -0.25) is 9.79 Å². The molecule has 0 spiro atoms. The largest absolute Gasteiger partial charge is 0.356 e. The highest BCUT2D eigenvalue weighted by molar-refractivity contribution is 8.14. The summed E-state index contributed by atoms with van der Waals surface area (Å²) in [5.74, 6) is 0.146. The third-order valence-corrected chi connectivity index (χ3v) is 4.21. The number of hydrogen-bond donors (Lipinski definition) is 1. The lowest BCUT2D eigenvalue weighted by atomic mass is 9.90. The number of likely N-dealkylation sites (N-methyl/N-ethyl adjacent to an activating group) is 1. The van der Waals surface area contributed by atoms with Crippen molar-refractivity contribution in [1.29, 1.82) is 0 Å². The van der Waals surface area contributed by atoms with Crippen molar-refractivity contribution < 1.29 is 4.79 Å². The number of nitrogens with zero attached hydrogens (tertiary/aromatic N) is 2. The molecule has 0 fully saturated rings. The van der Waals surface area contributed by atoms with Crippen LogP contribution in [0.4, 0.5) is 0 Å². The van der Waals surface area contributed by atoms with E-state index in [1.54, 1.807) is 11.8 Å². The molecule has 5 heteroatoms. The molecule has 1 aliphatic rings. The Balaban J connectivity index is 2.31. The first-order valence-electron chi connectivity index (χ1n) is 7.08. The molecule has 1 atom stereocenters. The van der Waals surface area contributed by atoms with Crippen LogP contribution in [0, 0.1) is 5.41 Å². The molecule has 1 N–H and O–H groups in total. The van der Waals surface area contributed by atoms with Gasteiger partial charge in [-0.15, -0.1) is 0 Å². The van der Waals surface area contributed by atoms with Gasteiger partial charge in [-0.1, -0.05) is 32.5 Å². The van der Waals surface area contributed by atoms with Gasteiger partial charge >= 0.3 is 0 Å². The molecule has 19 heavy (non-hydrogen) atoms. The summed E-state index contributed by atoms with van der Waals surface area (Å²) in [7, 11) is 0. The van der Waals surface area contributed by atoms with Crippen molar-refractivity contribution >= 4 is 22.8 Å². The molecule has 4 nitrogen and oxygen atoms in total. The van der Waals surface area contributed by atoms with Crippen LogP contribution in [0.1, 0.15) is 41.0 Å². The SMILES string of the molecule is CCN(CC)C(=O)CNC1=NCC(CC(C)(C)C)S1. The van der Waals surface area contributed by atoms with Crippen LogP contribution in [0.3, 0.4) is 0 Å². The maximum atomic E-state index is 11.9. The summed E-state index contributed by atoms with van der Waals surface area (Å²) in [6.07, 6.45) is 1.15. The van der Waals surface area contributed by atoms with Crippen molar-refractivity contribution in [1.82, 2.24) is 10.2 Å². The number of hydrogen-bond acceptors (Lipinski definition) is 4. The van der Waals surface area contributed by atoms with Gasteiger partial charge in [-0.25, -0.2) is 0 Å². The summed E-state index contributed by atoms with van der Waals surface area (Å²) in [5, 5.41) is 4.64. The van der Waals surface area contributed by atoms with E-state index in [1.807, 2.05) is 18.7 Å². The summed E-state index contributed by atoms with van der Waals surface area (Å²) in [5.41, 5.74) is 0.333. The van der Waals surface area contributed by atoms with E-state index in [0.29, 0.717) is 17.2 Å². The van der Waals surface area contributed by atoms with Gasteiger partial charge in [0.1, 0.15) is 0 Å². The number of thioether (sulfide) groups is 1. The van der Waals surface area contributed by atoms with Crippen molar-refractivity contribution in [3.05, 3.63) is 0 Å². The van der Waals surface area contributed by atoms with E-state index in [-0.39, 0.29) is 5.91 Å². The average Bonchev–Trinajstić information content (AvgIpc) is 2.73. The quantitative estimate of drug-likeness (QED) is 0.843. The monoisotopic (exact) mass is 285 g/mol. The minimum atomic E-state index is 0.146. The normalized spacial score (nSPS) is 19.2. The molecule has 1 heterocycles. The third-order valence-electron chi connectivity index (χ3n) is 3.06. The van der Waals surface area contributed by atoms with Crippen LogP contribution in [0.5, 0.6) is 0 Å².